The molecule has 0 aliphatic heterocycles. The van der Waals surface area contributed by atoms with Crippen LogP contribution in [0.3, 0.4) is 0 Å². The number of aliphatic hydroxyl groups excluding tert-OH is 1. The van der Waals surface area contributed by atoms with Gasteiger partial charge in [-0.05, 0) is 37.5 Å². The van der Waals surface area contributed by atoms with E-state index in [1.54, 1.807) is 0 Å². The van der Waals surface area contributed by atoms with Gasteiger partial charge in [-0.1, -0.05) is 29.8 Å². The number of halogens is 1. The lowest BCUT2D eigenvalue weighted by atomic mass is 10.1. The van der Waals surface area contributed by atoms with Gasteiger partial charge >= 0.3 is 0 Å². The highest BCUT2D eigenvalue weighted by Crippen LogP contribution is 2.34. The molecular formula is C16H26BrNO3. The van der Waals surface area contributed by atoms with Crippen molar-refractivity contribution in [3.05, 3.63) is 22.2 Å². The fourth-order valence-electron chi connectivity index (χ4n) is 1.90. The Bertz CT molecular complexity index is 422. The molecular weight excluding hydrogens is 334 g/mol. The van der Waals surface area contributed by atoms with E-state index in [0.717, 1.165) is 34.4 Å². The number of nitrogens with one attached hydrogen (secondary N) is 1. The van der Waals surface area contributed by atoms with Crippen molar-refractivity contribution < 1.29 is 14.6 Å². The number of hydrogen-bond acceptors (Lipinski definition) is 4. The van der Waals surface area contributed by atoms with Crippen molar-refractivity contribution in [3.8, 4) is 11.5 Å². The van der Waals surface area contributed by atoms with Crippen LogP contribution in [0.25, 0.3) is 0 Å². The Morgan fingerprint density at radius 1 is 1.19 bits per heavy atom. The monoisotopic (exact) mass is 359 g/mol. The second kappa shape index (κ2) is 10.0. The maximum atomic E-state index is 9.23. The van der Waals surface area contributed by atoms with E-state index in [1.807, 2.05) is 19.1 Å². The van der Waals surface area contributed by atoms with Gasteiger partial charge in [-0.15, -0.1) is 0 Å². The zero-order valence-electron chi connectivity index (χ0n) is 13.1. The highest BCUT2D eigenvalue weighted by atomic mass is 79.9. The van der Waals surface area contributed by atoms with Crippen LogP contribution in [-0.2, 0) is 6.54 Å². The molecule has 0 fully saturated rings. The molecule has 0 amide bonds. The van der Waals surface area contributed by atoms with E-state index in [2.05, 4.69) is 35.1 Å². The predicted octanol–water partition coefficient (Wildman–Crippen LogP) is 3.50. The quantitative estimate of drug-likeness (QED) is 0.671. The third-order valence-electron chi connectivity index (χ3n) is 3.17. The van der Waals surface area contributed by atoms with Gasteiger partial charge in [0.05, 0.1) is 19.8 Å². The molecule has 0 saturated heterocycles. The van der Waals surface area contributed by atoms with Gasteiger partial charge in [-0.2, -0.15) is 0 Å². The first-order valence-electron chi connectivity index (χ1n) is 7.58. The summed E-state index contributed by atoms with van der Waals surface area (Å²) in [6.07, 6.45) is 1.85. The number of aliphatic hydroxyl groups is 1. The molecule has 0 aliphatic carbocycles. The van der Waals surface area contributed by atoms with Crippen LogP contribution >= 0.6 is 15.9 Å². The Kier molecular flexibility index (Phi) is 8.73. The van der Waals surface area contributed by atoms with Gasteiger partial charge < -0.3 is 19.9 Å². The first-order chi connectivity index (χ1) is 10.2. The minimum absolute atomic E-state index is 0.114. The van der Waals surface area contributed by atoms with E-state index >= 15 is 0 Å². The summed E-state index contributed by atoms with van der Waals surface area (Å²) >= 11 is 3.58. The Balaban J connectivity index is 2.86. The molecule has 0 spiro atoms. The molecule has 4 nitrogen and oxygen atoms in total. The third kappa shape index (κ3) is 5.85. The molecule has 120 valence electrons. The van der Waals surface area contributed by atoms with Crippen LogP contribution in [-0.4, -0.2) is 31.0 Å². The first kappa shape index (κ1) is 18.3. The Morgan fingerprint density at radius 3 is 2.48 bits per heavy atom. The molecule has 1 unspecified atom stereocenters. The average molecular weight is 360 g/mol. The van der Waals surface area contributed by atoms with E-state index in [0.29, 0.717) is 19.8 Å². The van der Waals surface area contributed by atoms with Crippen LogP contribution in [0, 0.1) is 0 Å². The third-order valence-corrected chi connectivity index (χ3v) is 3.91. The summed E-state index contributed by atoms with van der Waals surface area (Å²) in [6, 6.07) is 4.07. The highest BCUT2D eigenvalue weighted by Gasteiger charge is 2.12. The van der Waals surface area contributed by atoms with Crippen LogP contribution in [0.15, 0.2) is 16.6 Å². The summed E-state index contributed by atoms with van der Waals surface area (Å²) in [5.41, 5.74) is 1.09. The van der Waals surface area contributed by atoms with Crippen LogP contribution in [0.5, 0.6) is 11.5 Å². The zero-order chi connectivity index (χ0) is 15.7. The molecule has 1 rings (SSSR count). The van der Waals surface area contributed by atoms with Gasteiger partial charge in [-0.25, -0.2) is 0 Å². The molecule has 21 heavy (non-hydrogen) atoms. The second-order valence-corrected chi connectivity index (χ2v) is 5.69. The predicted molar refractivity (Wildman–Crippen MR) is 89.1 cm³/mol. The van der Waals surface area contributed by atoms with Crippen molar-refractivity contribution in [2.75, 3.05) is 19.8 Å². The van der Waals surface area contributed by atoms with Crippen molar-refractivity contribution in [2.45, 2.75) is 46.2 Å². The SMILES string of the molecule is CCCOc1cc(Br)c(CNC(CC)CO)cc1OCC. The standard InChI is InChI=1S/C16H26BrNO3/c1-4-7-21-16-9-14(17)12(8-15(16)20-6-3)10-18-13(5-2)11-19/h8-9,13,18-19H,4-7,10-11H2,1-3H3. The van der Waals surface area contributed by atoms with Gasteiger partial charge in [0, 0.05) is 17.1 Å². The lowest BCUT2D eigenvalue weighted by Gasteiger charge is -2.17. The summed E-state index contributed by atoms with van der Waals surface area (Å²) in [7, 11) is 0. The molecule has 0 bridgehead atoms. The number of benzene rings is 1. The molecule has 1 atom stereocenters. The number of ether oxygens (including phenoxy) is 2. The number of hydrogen-bond donors (Lipinski definition) is 2. The molecule has 0 aromatic heterocycles. The fraction of sp³-hybridized carbons (Fsp3) is 0.625. The summed E-state index contributed by atoms with van der Waals surface area (Å²) in [6.45, 7) is 8.18. The van der Waals surface area contributed by atoms with E-state index in [1.165, 1.54) is 0 Å². The fourth-order valence-corrected chi connectivity index (χ4v) is 2.36. The van der Waals surface area contributed by atoms with E-state index in [4.69, 9.17) is 9.47 Å². The maximum absolute atomic E-state index is 9.23. The smallest absolute Gasteiger partial charge is 0.162 e. The summed E-state index contributed by atoms with van der Waals surface area (Å²) < 4.78 is 12.4. The topological polar surface area (TPSA) is 50.7 Å². The number of rotatable bonds is 10. The van der Waals surface area contributed by atoms with Gasteiger partial charge in [0.1, 0.15) is 0 Å². The first-order valence-corrected chi connectivity index (χ1v) is 8.37. The molecule has 0 radical (unpaired) electrons. The molecule has 1 aromatic carbocycles. The van der Waals surface area contributed by atoms with Gasteiger partial charge in [0.2, 0.25) is 0 Å². The van der Waals surface area contributed by atoms with Crippen LogP contribution in [0.1, 0.15) is 39.2 Å². The van der Waals surface area contributed by atoms with Crippen molar-refractivity contribution >= 4 is 15.9 Å². The Labute approximate surface area is 136 Å². The minimum atomic E-state index is 0.114. The molecule has 0 aliphatic rings. The second-order valence-electron chi connectivity index (χ2n) is 4.84. The van der Waals surface area contributed by atoms with Gasteiger partial charge in [0.25, 0.3) is 0 Å². The lowest BCUT2D eigenvalue weighted by Crippen LogP contribution is -2.31. The van der Waals surface area contributed by atoms with Gasteiger partial charge in [0.15, 0.2) is 11.5 Å². The average Bonchev–Trinajstić information content (AvgIpc) is 2.49. The van der Waals surface area contributed by atoms with Crippen LogP contribution in [0.4, 0.5) is 0 Å². The van der Waals surface area contributed by atoms with E-state index < -0.39 is 0 Å². The maximum Gasteiger partial charge on any atom is 0.162 e. The molecule has 5 heteroatoms. The van der Waals surface area contributed by atoms with Crippen molar-refractivity contribution in [3.63, 3.8) is 0 Å². The molecule has 2 N–H and O–H groups in total. The summed E-state index contributed by atoms with van der Waals surface area (Å²) in [4.78, 5) is 0. The molecule has 0 saturated carbocycles. The lowest BCUT2D eigenvalue weighted by molar-refractivity contribution is 0.238. The Morgan fingerprint density at radius 2 is 1.90 bits per heavy atom. The Hall–Kier alpha value is -0.780. The minimum Gasteiger partial charge on any atom is -0.490 e. The summed E-state index contributed by atoms with van der Waals surface area (Å²) in [5, 5.41) is 12.6. The van der Waals surface area contributed by atoms with Crippen molar-refractivity contribution in [2.24, 2.45) is 0 Å². The van der Waals surface area contributed by atoms with Crippen molar-refractivity contribution in [1.82, 2.24) is 5.32 Å². The largest absolute Gasteiger partial charge is 0.490 e. The van der Waals surface area contributed by atoms with Crippen LogP contribution in [0.2, 0.25) is 0 Å². The highest BCUT2D eigenvalue weighted by molar-refractivity contribution is 9.10. The molecule has 0 heterocycles. The van der Waals surface area contributed by atoms with Crippen molar-refractivity contribution in [1.29, 1.82) is 0 Å². The summed E-state index contributed by atoms with van der Waals surface area (Å²) in [5.74, 6) is 1.53. The molecule has 1 aromatic rings. The zero-order valence-corrected chi connectivity index (χ0v) is 14.7. The normalized spacial score (nSPS) is 12.2. The van der Waals surface area contributed by atoms with Crippen LogP contribution < -0.4 is 14.8 Å². The van der Waals surface area contributed by atoms with Gasteiger partial charge in [-0.3, -0.25) is 0 Å². The van der Waals surface area contributed by atoms with E-state index in [-0.39, 0.29) is 12.6 Å². The van der Waals surface area contributed by atoms with E-state index in [9.17, 15) is 5.11 Å².